The van der Waals surface area contributed by atoms with E-state index in [1.807, 2.05) is 36.4 Å². The second kappa shape index (κ2) is 5.18. The van der Waals surface area contributed by atoms with Gasteiger partial charge in [-0.15, -0.1) is 0 Å². The van der Waals surface area contributed by atoms with E-state index in [2.05, 4.69) is 4.98 Å². The molecule has 0 unspecified atom stereocenters. The molecule has 0 aliphatic rings. The van der Waals surface area contributed by atoms with E-state index in [9.17, 15) is 0 Å². The Morgan fingerprint density at radius 3 is 2.47 bits per heavy atom. The van der Waals surface area contributed by atoms with Crippen LogP contribution in [0, 0.1) is 11.3 Å². The minimum absolute atomic E-state index is 0.148. The molecule has 0 aliphatic heterocycles. The number of pyridine rings is 1. The Kier molecular flexibility index (Phi) is 3.63. The van der Waals surface area contributed by atoms with Crippen molar-refractivity contribution in [2.45, 2.75) is 6.42 Å². The average molecular weight is 263 g/mol. The fourth-order valence-corrected chi connectivity index (χ4v) is 1.96. The Labute approximate surface area is 109 Å². The van der Waals surface area contributed by atoms with Crippen LogP contribution in [0.5, 0.6) is 0 Å². The summed E-state index contributed by atoms with van der Waals surface area (Å²) in [5, 5.41) is 9.38. The van der Waals surface area contributed by atoms with Gasteiger partial charge in [0.2, 0.25) is 0 Å². The first-order valence-corrected chi connectivity index (χ1v) is 5.75. The van der Waals surface area contributed by atoms with Crippen molar-refractivity contribution in [2.75, 3.05) is 0 Å². The van der Waals surface area contributed by atoms with Crippen molar-refractivity contribution in [1.82, 2.24) is 4.98 Å². The topological polar surface area (TPSA) is 36.7 Å². The second-order valence-corrected chi connectivity index (χ2v) is 4.27. The minimum atomic E-state index is 0.148. The smallest absolute Gasteiger partial charge is 0.148 e. The van der Waals surface area contributed by atoms with Crippen LogP contribution in [0.3, 0.4) is 0 Å². The predicted octanol–water partition coefficient (Wildman–Crippen LogP) is 3.85. The van der Waals surface area contributed by atoms with Crippen molar-refractivity contribution in [3.63, 3.8) is 0 Å². The van der Waals surface area contributed by atoms with E-state index in [4.69, 9.17) is 28.5 Å². The van der Waals surface area contributed by atoms with Crippen LogP contribution in [0.1, 0.15) is 16.7 Å². The highest BCUT2D eigenvalue weighted by Gasteiger charge is 2.09. The van der Waals surface area contributed by atoms with Gasteiger partial charge in [-0.1, -0.05) is 53.5 Å². The number of rotatable bonds is 2. The van der Waals surface area contributed by atoms with Gasteiger partial charge >= 0.3 is 0 Å². The molecule has 2 aromatic rings. The summed E-state index contributed by atoms with van der Waals surface area (Å²) in [6, 6.07) is 13.5. The molecule has 17 heavy (non-hydrogen) atoms. The molecule has 0 aliphatic carbocycles. The van der Waals surface area contributed by atoms with Crippen LogP contribution in [0.25, 0.3) is 0 Å². The van der Waals surface area contributed by atoms with Crippen molar-refractivity contribution in [1.29, 1.82) is 5.26 Å². The molecule has 0 amide bonds. The number of benzene rings is 1. The molecule has 4 heteroatoms. The number of halogens is 2. The van der Waals surface area contributed by atoms with E-state index >= 15 is 0 Å². The predicted molar refractivity (Wildman–Crippen MR) is 68.2 cm³/mol. The van der Waals surface area contributed by atoms with Crippen LogP contribution in [-0.2, 0) is 6.42 Å². The fourth-order valence-electron chi connectivity index (χ4n) is 1.53. The van der Waals surface area contributed by atoms with Crippen molar-refractivity contribution in [3.8, 4) is 6.07 Å². The summed E-state index contributed by atoms with van der Waals surface area (Å²) < 4.78 is 0. The van der Waals surface area contributed by atoms with Crippen molar-refractivity contribution >= 4 is 23.2 Å². The first kappa shape index (κ1) is 11.9. The van der Waals surface area contributed by atoms with Gasteiger partial charge in [-0.05, 0) is 17.2 Å². The van der Waals surface area contributed by atoms with Crippen LogP contribution in [0.2, 0.25) is 10.3 Å². The van der Waals surface area contributed by atoms with Crippen molar-refractivity contribution in [3.05, 3.63) is 63.4 Å². The molecule has 0 radical (unpaired) electrons. The van der Waals surface area contributed by atoms with Gasteiger partial charge in [0.15, 0.2) is 0 Å². The Morgan fingerprint density at radius 1 is 1.12 bits per heavy atom. The zero-order valence-electron chi connectivity index (χ0n) is 8.82. The SMILES string of the molecule is N#Cc1cc(Cc2ccccc2)c(Cl)nc1Cl. The molecule has 0 bridgehead atoms. The zero-order valence-corrected chi connectivity index (χ0v) is 10.3. The Bertz CT molecular complexity index is 574. The molecule has 1 aromatic heterocycles. The Balaban J connectivity index is 2.37. The van der Waals surface area contributed by atoms with Gasteiger partial charge in [0.1, 0.15) is 16.4 Å². The number of nitriles is 1. The lowest BCUT2D eigenvalue weighted by Gasteiger charge is -2.05. The summed E-state index contributed by atoms with van der Waals surface area (Å²) in [4.78, 5) is 3.95. The van der Waals surface area contributed by atoms with Crippen molar-refractivity contribution in [2.24, 2.45) is 0 Å². The number of aromatic nitrogens is 1. The average Bonchev–Trinajstić information content (AvgIpc) is 2.34. The molecule has 84 valence electrons. The standard InChI is InChI=1S/C13H8Cl2N2/c14-12-10(6-9-4-2-1-3-5-9)7-11(8-16)13(15)17-12/h1-5,7H,6H2. The van der Waals surface area contributed by atoms with Crippen LogP contribution < -0.4 is 0 Å². The van der Waals surface area contributed by atoms with Gasteiger partial charge in [-0.2, -0.15) is 5.26 Å². The molecular weight excluding hydrogens is 255 g/mol. The highest BCUT2D eigenvalue weighted by molar-refractivity contribution is 6.33. The second-order valence-electron chi connectivity index (χ2n) is 3.55. The molecular formula is C13H8Cl2N2. The van der Waals surface area contributed by atoms with Crippen LogP contribution in [0.4, 0.5) is 0 Å². The lowest BCUT2D eigenvalue weighted by molar-refractivity contribution is 1.14. The van der Waals surface area contributed by atoms with E-state index < -0.39 is 0 Å². The third-order valence-corrected chi connectivity index (χ3v) is 2.98. The highest BCUT2D eigenvalue weighted by atomic mass is 35.5. The fraction of sp³-hybridized carbons (Fsp3) is 0.0769. The number of nitrogens with zero attached hydrogens (tertiary/aromatic N) is 2. The quantitative estimate of drug-likeness (QED) is 0.771. The molecule has 0 spiro atoms. The Morgan fingerprint density at radius 2 is 1.82 bits per heavy atom. The third-order valence-electron chi connectivity index (χ3n) is 2.36. The summed E-state index contributed by atoms with van der Waals surface area (Å²) >= 11 is 11.8. The minimum Gasteiger partial charge on any atom is -0.223 e. The van der Waals surface area contributed by atoms with Crippen molar-refractivity contribution < 1.29 is 0 Å². The lowest BCUT2D eigenvalue weighted by atomic mass is 10.1. The number of hydrogen-bond acceptors (Lipinski definition) is 2. The maximum absolute atomic E-state index is 8.88. The zero-order chi connectivity index (χ0) is 12.3. The van der Waals surface area contributed by atoms with E-state index in [0.717, 1.165) is 11.1 Å². The molecule has 1 heterocycles. The summed E-state index contributed by atoms with van der Waals surface area (Å²) in [7, 11) is 0. The summed E-state index contributed by atoms with van der Waals surface area (Å²) in [5.41, 5.74) is 2.27. The largest absolute Gasteiger partial charge is 0.223 e. The van der Waals surface area contributed by atoms with Gasteiger partial charge in [0, 0.05) is 6.42 Å². The highest BCUT2D eigenvalue weighted by Crippen LogP contribution is 2.23. The normalized spacial score (nSPS) is 9.94. The Hall–Kier alpha value is -1.56. The summed E-state index contributed by atoms with van der Waals surface area (Å²) in [5.74, 6) is 0. The van der Waals surface area contributed by atoms with Crippen LogP contribution >= 0.6 is 23.2 Å². The molecule has 0 saturated heterocycles. The van der Waals surface area contributed by atoms with Gasteiger partial charge in [-0.3, -0.25) is 0 Å². The lowest BCUT2D eigenvalue weighted by Crippen LogP contribution is -1.94. The molecule has 2 rings (SSSR count). The van der Waals surface area contributed by atoms with E-state index in [-0.39, 0.29) is 5.15 Å². The van der Waals surface area contributed by atoms with E-state index in [0.29, 0.717) is 17.1 Å². The molecule has 1 aromatic carbocycles. The molecule has 0 fully saturated rings. The van der Waals surface area contributed by atoms with Gasteiger partial charge in [-0.25, -0.2) is 4.98 Å². The molecule has 0 N–H and O–H groups in total. The maximum atomic E-state index is 8.88. The monoisotopic (exact) mass is 262 g/mol. The third kappa shape index (κ3) is 2.76. The molecule has 0 atom stereocenters. The first-order valence-electron chi connectivity index (χ1n) is 4.99. The molecule has 2 nitrogen and oxygen atoms in total. The summed E-state index contributed by atoms with van der Waals surface area (Å²) in [6.07, 6.45) is 0.637. The van der Waals surface area contributed by atoms with E-state index in [1.165, 1.54) is 0 Å². The van der Waals surface area contributed by atoms with Crippen LogP contribution in [0.15, 0.2) is 36.4 Å². The van der Waals surface area contributed by atoms with Gasteiger partial charge < -0.3 is 0 Å². The summed E-state index contributed by atoms with van der Waals surface area (Å²) in [6.45, 7) is 0. The maximum Gasteiger partial charge on any atom is 0.148 e. The number of hydrogen-bond donors (Lipinski definition) is 0. The van der Waals surface area contributed by atoms with Gasteiger partial charge in [0.25, 0.3) is 0 Å². The van der Waals surface area contributed by atoms with Crippen LogP contribution in [-0.4, -0.2) is 4.98 Å². The van der Waals surface area contributed by atoms with E-state index in [1.54, 1.807) is 6.07 Å². The molecule has 0 saturated carbocycles. The van der Waals surface area contributed by atoms with Gasteiger partial charge in [0.05, 0.1) is 5.56 Å². The first-order chi connectivity index (χ1) is 8.20.